The van der Waals surface area contributed by atoms with E-state index in [2.05, 4.69) is 5.32 Å². The number of hydrogen-bond acceptors (Lipinski definition) is 5. The van der Waals surface area contributed by atoms with E-state index in [1.54, 1.807) is 18.7 Å². The minimum absolute atomic E-state index is 0.148. The topological polar surface area (TPSA) is 105 Å². The van der Waals surface area contributed by atoms with Gasteiger partial charge >= 0.3 is 6.03 Å². The summed E-state index contributed by atoms with van der Waals surface area (Å²) in [5, 5.41) is 12.3. The van der Waals surface area contributed by atoms with Gasteiger partial charge in [-0.15, -0.1) is 0 Å². The van der Waals surface area contributed by atoms with Crippen molar-refractivity contribution < 1.29 is 19.4 Å². The van der Waals surface area contributed by atoms with Crippen molar-refractivity contribution in [1.82, 2.24) is 10.2 Å². The summed E-state index contributed by atoms with van der Waals surface area (Å²) in [7, 11) is 0. The van der Waals surface area contributed by atoms with E-state index in [4.69, 9.17) is 10.5 Å². The van der Waals surface area contributed by atoms with Crippen LogP contribution in [0.4, 0.5) is 4.79 Å². The van der Waals surface area contributed by atoms with Gasteiger partial charge in [-0.2, -0.15) is 11.8 Å². The number of nitrogens with zero attached hydrogens (tertiary/aromatic N) is 1. The van der Waals surface area contributed by atoms with Crippen molar-refractivity contribution in [2.75, 3.05) is 25.2 Å². The summed E-state index contributed by atoms with van der Waals surface area (Å²) in [5.41, 5.74) is 6.06. The van der Waals surface area contributed by atoms with Crippen LogP contribution < -0.4 is 15.8 Å². The third kappa shape index (κ3) is 7.53. The smallest absolute Gasteiger partial charge is 0.312 e. The normalized spacial score (nSPS) is 12.9. The SMILES string of the molecule is CCOc1ccccc1CN(C[C@@H](C)O)C(=O)[C@@H](CCSC)NC(N)=O. The number of aliphatic hydroxyl groups is 1. The van der Waals surface area contributed by atoms with Crippen LogP contribution in [0.1, 0.15) is 25.8 Å². The number of aliphatic hydroxyl groups excluding tert-OH is 1. The maximum Gasteiger partial charge on any atom is 0.312 e. The molecule has 0 radical (unpaired) electrons. The summed E-state index contributed by atoms with van der Waals surface area (Å²) in [6.45, 7) is 4.45. The summed E-state index contributed by atoms with van der Waals surface area (Å²) in [4.78, 5) is 25.8. The summed E-state index contributed by atoms with van der Waals surface area (Å²) in [6, 6.07) is 6.00. The average Bonchev–Trinajstić information content (AvgIpc) is 2.58. The quantitative estimate of drug-likeness (QED) is 0.538. The van der Waals surface area contributed by atoms with Crippen LogP contribution in [0.2, 0.25) is 0 Å². The Morgan fingerprint density at radius 3 is 2.65 bits per heavy atom. The number of carbonyl (C=O) groups excluding carboxylic acids is 2. The van der Waals surface area contributed by atoms with Gasteiger partial charge in [0.1, 0.15) is 11.8 Å². The number of para-hydroxylation sites is 1. The molecule has 0 aliphatic rings. The maximum atomic E-state index is 13.0. The zero-order valence-corrected chi connectivity index (χ0v) is 16.4. The van der Waals surface area contributed by atoms with E-state index in [1.807, 2.05) is 37.4 Å². The molecule has 0 bridgehead atoms. The molecule has 0 spiro atoms. The third-order valence-corrected chi connectivity index (χ3v) is 4.30. The molecule has 0 unspecified atom stereocenters. The zero-order chi connectivity index (χ0) is 19.5. The van der Waals surface area contributed by atoms with Gasteiger partial charge < -0.3 is 25.8 Å². The van der Waals surface area contributed by atoms with E-state index in [-0.39, 0.29) is 19.0 Å². The molecule has 0 aromatic heterocycles. The lowest BCUT2D eigenvalue weighted by molar-refractivity contribution is -0.135. The van der Waals surface area contributed by atoms with Gasteiger partial charge in [-0.25, -0.2) is 4.79 Å². The Labute approximate surface area is 159 Å². The first-order valence-electron chi connectivity index (χ1n) is 8.61. The van der Waals surface area contributed by atoms with Crippen LogP contribution in [0.3, 0.4) is 0 Å². The molecule has 0 saturated heterocycles. The maximum absolute atomic E-state index is 13.0. The van der Waals surface area contributed by atoms with Gasteiger partial charge in [-0.05, 0) is 38.3 Å². The Morgan fingerprint density at radius 2 is 2.08 bits per heavy atom. The number of rotatable bonds is 11. The number of ether oxygens (including phenoxy) is 1. The van der Waals surface area contributed by atoms with Gasteiger partial charge in [0.2, 0.25) is 5.91 Å². The van der Waals surface area contributed by atoms with Crippen LogP contribution >= 0.6 is 11.8 Å². The number of nitrogens with one attached hydrogen (secondary N) is 1. The van der Waals surface area contributed by atoms with E-state index in [0.29, 0.717) is 24.5 Å². The van der Waals surface area contributed by atoms with E-state index in [0.717, 1.165) is 5.56 Å². The van der Waals surface area contributed by atoms with Crippen molar-refractivity contribution >= 4 is 23.7 Å². The minimum atomic E-state index is -0.740. The number of nitrogens with two attached hydrogens (primary N) is 1. The van der Waals surface area contributed by atoms with Crippen LogP contribution in [0, 0.1) is 0 Å². The molecule has 4 N–H and O–H groups in total. The lowest BCUT2D eigenvalue weighted by atomic mass is 10.1. The molecule has 8 heteroatoms. The molecule has 0 aliphatic heterocycles. The van der Waals surface area contributed by atoms with E-state index >= 15 is 0 Å². The van der Waals surface area contributed by atoms with Crippen LogP contribution in [0.25, 0.3) is 0 Å². The predicted octanol–water partition coefficient (Wildman–Crippen LogP) is 1.58. The molecule has 0 heterocycles. The molecule has 3 amide bonds. The lowest BCUT2D eigenvalue weighted by Gasteiger charge is -2.29. The number of primary amides is 1. The highest BCUT2D eigenvalue weighted by molar-refractivity contribution is 7.98. The Bertz CT molecular complexity index is 583. The standard InChI is InChI=1S/C18H29N3O4S/c1-4-25-16-8-6-5-7-14(16)12-21(11-13(2)22)17(23)15(9-10-26-3)20-18(19)24/h5-8,13,15,22H,4,9-12H2,1-3H3,(H3,19,20,24)/t13-,15-/m1/s1. The largest absolute Gasteiger partial charge is 0.494 e. The fraction of sp³-hybridized carbons (Fsp3) is 0.556. The van der Waals surface area contributed by atoms with Crippen LogP contribution in [-0.2, 0) is 11.3 Å². The van der Waals surface area contributed by atoms with Crippen molar-refractivity contribution in [2.45, 2.75) is 39.0 Å². The molecule has 1 aromatic carbocycles. The van der Waals surface area contributed by atoms with Crippen molar-refractivity contribution in [1.29, 1.82) is 0 Å². The van der Waals surface area contributed by atoms with Crippen molar-refractivity contribution in [2.24, 2.45) is 5.73 Å². The second-order valence-corrected chi connectivity index (χ2v) is 6.94. The number of urea groups is 1. The summed E-state index contributed by atoms with van der Waals surface area (Å²) >= 11 is 1.58. The Kier molecular flexibility index (Phi) is 9.90. The van der Waals surface area contributed by atoms with Gasteiger partial charge in [0, 0.05) is 18.7 Å². The lowest BCUT2D eigenvalue weighted by Crippen LogP contribution is -2.51. The second kappa shape index (κ2) is 11.6. The Morgan fingerprint density at radius 1 is 1.38 bits per heavy atom. The van der Waals surface area contributed by atoms with E-state index in [9.17, 15) is 14.7 Å². The molecule has 0 fully saturated rings. The number of carbonyl (C=O) groups is 2. The minimum Gasteiger partial charge on any atom is -0.494 e. The molecule has 0 saturated carbocycles. The van der Waals surface area contributed by atoms with Crippen LogP contribution in [0.15, 0.2) is 24.3 Å². The first-order valence-corrected chi connectivity index (χ1v) is 10.0. The summed E-state index contributed by atoms with van der Waals surface area (Å²) in [5.74, 6) is 1.13. The van der Waals surface area contributed by atoms with Crippen LogP contribution in [-0.4, -0.2) is 59.3 Å². The van der Waals surface area contributed by atoms with Gasteiger partial charge in [-0.1, -0.05) is 18.2 Å². The molecule has 2 atom stereocenters. The predicted molar refractivity (Wildman–Crippen MR) is 104 cm³/mol. The van der Waals surface area contributed by atoms with Crippen molar-refractivity contribution in [3.63, 3.8) is 0 Å². The number of thioether (sulfide) groups is 1. The molecule has 1 aromatic rings. The highest BCUT2D eigenvalue weighted by Crippen LogP contribution is 2.21. The van der Waals surface area contributed by atoms with Crippen molar-refractivity contribution in [3.05, 3.63) is 29.8 Å². The Balaban J connectivity index is 3.03. The van der Waals surface area contributed by atoms with Gasteiger partial charge in [0.15, 0.2) is 0 Å². The second-order valence-electron chi connectivity index (χ2n) is 5.95. The molecule has 1 rings (SSSR count). The number of amides is 3. The van der Waals surface area contributed by atoms with Crippen LogP contribution in [0.5, 0.6) is 5.75 Å². The molecule has 26 heavy (non-hydrogen) atoms. The Hall–Kier alpha value is -1.93. The van der Waals surface area contributed by atoms with Crippen molar-refractivity contribution in [3.8, 4) is 5.75 Å². The highest BCUT2D eigenvalue weighted by Gasteiger charge is 2.26. The molecular formula is C18H29N3O4S. The van der Waals surface area contributed by atoms with Gasteiger partial charge in [0.25, 0.3) is 0 Å². The molecular weight excluding hydrogens is 354 g/mol. The fourth-order valence-electron chi connectivity index (χ4n) is 2.57. The first kappa shape index (κ1) is 22.1. The highest BCUT2D eigenvalue weighted by atomic mass is 32.2. The molecule has 146 valence electrons. The monoisotopic (exact) mass is 383 g/mol. The zero-order valence-electron chi connectivity index (χ0n) is 15.6. The molecule has 0 aliphatic carbocycles. The fourth-order valence-corrected chi connectivity index (χ4v) is 3.04. The average molecular weight is 384 g/mol. The number of hydrogen-bond donors (Lipinski definition) is 3. The van der Waals surface area contributed by atoms with Gasteiger partial charge in [0.05, 0.1) is 12.7 Å². The van der Waals surface area contributed by atoms with E-state index in [1.165, 1.54) is 4.90 Å². The number of benzene rings is 1. The summed E-state index contributed by atoms with van der Waals surface area (Å²) < 4.78 is 5.62. The summed E-state index contributed by atoms with van der Waals surface area (Å²) in [6.07, 6.45) is 1.69. The first-order chi connectivity index (χ1) is 12.4. The van der Waals surface area contributed by atoms with Gasteiger partial charge in [-0.3, -0.25) is 4.79 Å². The molecule has 7 nitrogen and oxygen atoms in total. The third-order valence-electron chi connectivity index (χ3n) is 3.66. The van der Waals surface area contributed by atoms with E-state index < -0.39 is 18.2 Å².